The first-order chi connectivity index (χ1) is 15.2. The van der Waals surface area contributed by atoms with Crippen molar-refractivity contribution in [2.45, 2.75) is 64.0 Å². The van der Waals surface area contributed by atoms with Gasteiger partial charge in [-0.3, -0.25) is 9.88 Å². The van der Waals surface area contributed by atoms with Gasteiger partial charge in [-0.2, -0.15) is 9.61 Å². The molecule has 1 N–H and O–H groups in total. The number of aromatic nitrogens is 4. The highest BCUT2D eigenvalue weighted by molar-refractivity contribution is 9.10. The number of hydrogen-bond donors (Lipinski definition) is 1. The normalized spacial score (nSPS) is 25.0. The molecule has 7 heteroatoms. The van der Waals surface area contributed by atoms with E-state index in [1.54, 1.807) is 6.20 Å². The number of likely N-dealkylation sites (tertiary alicyclic amines) is 1. The van der Waals surface area contributed by atoms with Crippen molar-refractivity contribution in [3.05, 3.63) is 52.5 Å². The third-order valence-electron chi connectivity index (χ3n) is 7.02. The maximum Gasteiger partial charge on any atom is 0.171 e. The zero-order valence-corrected chi connectivity index (χ0v) is 19.8. The van der Waals surface area contributed by atoms with Crippen molar-refractivity contribution in [2.24, 2.45) is 5.92 Å². The summed E-state index contributed by atoms with van der Waals surface area (Å²) in [7, 11) is 0. The van der Waals surface area contributed by atoms with E-state index >= 15 is 0 Å². The monoisotopic (exact) mass is 482 g/mol. The minimum absolute atomic E-state index is 0.471. The van der Waals surface area contributed by atoms with Crippen molar-refractivity contribution < 1.29 is 0 Å². The molecule has 31 heavy (non-hydrogen) atoms. The van der Waals surface area contributed by atoms with E-state index in [1.165, 1.54) is 50.8 Å². The summed E-state index contributed by atoms with van der Waals surface area (Å²) < 4.78 is 2.83. The second kappa shape index (κ2) is 9.25. The van der Waals surface area contributed by atoms with Crippen molar-refractivity contribution in [3.63, 3.8) is 0 Å². The molecule has 1 atom stereocenters. The maximum absolute atomic E-state index is 5.04. The Morgan fingerprint density at radius 3 is 2.84 bits per heavy atom. The van der Waals surface area contributed by atoms with Crippen LogP contribution < -0.4 is 5.32 Å². The fourth-order valence-electron chi connectivity index (χ4n) is 5.17. The van der Waals surface area contributed by atoms with Gasteiger partial charge in [0.05, 0.1) is 16.4 Å². The lowest BCUT2D eigenvalue weighted by molar-refractivity contribution is 0.106. The Hall–Kier alpha value is -1.99. The van der Waals surface area contributed by atoms with Crippen molar-refractivity contribution in [2.75, 3.05) is 18.4 Å². The van der Waals surface area contributed by atoms with Gasteiger partial charge in [0, 0.05) is 43.5 Å². The maximum atomic E-state index is 5.04. The predicted octanol–water partition coefficient (Wildman–Crippen LogP) is 5.26. The lowest BCUT2D eigenvalue weighted by atomic mass is 9.84. The molecule has 164 valence electrons. The van der Waals surface area contributed by atoms with Gasteiger partial charge < -0.3 is 5.32 Å². The molecule has 1 aliphatic carbocycles. The Bertz CT molecular complexity index is 1010. The van der Waals surface area contributed by atoms with Crippen LogP contribution in [0.5, 0.6) is 0 Å². The van der Waals surface area contributed by atoms with Crippen molar-refractivity contribution >= 4 is 27.4 Å². The van der Waals surface area contributed by atoms with Gasteiger partial charge in [0.15, 0.2) is 5.65 Å². The highest BCUT2D eigenvalue weighted by Crippen LogP contribution is 2.34. The summed E-state index contributed by atoms with van der Waals surface area (Å²) in [5.41, 5.74) is 3.21. The molecule has 1 unspecified atom stereocenters. The molecule has 0 aromatic carbocycles. The number of nitrogens with one attached hydrogen (secondary N) is 1. The molecule has 0 radical (unpaired) electrons. The summed E-state index contributed by atoms with van der Waals surface area (Å²) in [6.07, 6.45) is 13.5. The second-order valence-electron chi connectivity index (χ2n) is 9.26. The van der Waals surface area contributed by atoms with E-state index in [0.717, 1.165) is 40.0 Å². The summed E-state index contributed by atoms with van der Waals surface area (Å²) >= 11 is 3.64. The van der Waals surface area contributed by atoms with Gasteiger partial charge in [-0.25, -0.2) is 4.98 Å². The fraction of sp³-hybridized carbons (Fsp3) is 0.542. The van der Waals surface area contributed by atoms with E-state index in [9.17, 15) is 0 Å². The molecule has 0 spiro atoms. The number of fused-ring (bicyclic) bond motifs is 1. The standard InChI is InChI=1S/C24H31BrN6/c1-17-6-8-20(9-7-17)30-11-3-5-19(16-30)22-12-23(27-14-18-4-2-10-26-13-18)31-24(29-22)21(25)15-28-31/h2,4,10,12-13,15,17,19-20,27H,3,5-9,11,14,16H2,1H3. The van der Waals surface area contributed by atoms with Crippen LogP contribution in [0.15, 0.2) is 41.3 Å². The Labute approximate surface area is 192 Å². The summed E-state index contributed by atoms with van der Waals surface area (Å²) in [4.78, 5) is 12.0. The number of nitrogens with zero attached hydrogens (tertiary/aromatic N) is 5. The first-order valence-corrected chi connectivity index (χ1v) is 12.4. The minimum atomic E-state index is 0.471. The molecule has 1 aliphatic heterocycles. The molecule has 1 saturated heterocycles. The quantitative estimate of drug-likeness (QED) is 0.537. The van der Waals surface area contributed by atoms with E-state index in [4.69, 9.17) is 4.98 Å². The number of anilines is 1. The van der Waals surface area contributed by atoms with E-state index in [2.05, 4.69) is 55.3 Å². The van der Waals surface area contributed by atoms with Gasteiger partial charge >= 0.3 is 0 Å². The van der Waals surface area contributed by atoms with Gasteiger partial charge in [0.25, 0.3) is 0 Å². The zero-order chi connectivity index (χ0) is 21.2. The number of halogens is 1. The number of pyridine rings is 1. The SMILES string of the molecule is CC1CCC(N2CCCC(c3cc(NCc4cccnc4)n4ncc(Br)c4n3)C2)CC1. The highest BCUT2D eigenvalue weighted by atomic mass is 79.9. The van der Waals surface area contributed by atoms with E-state index in [0.29, 0.717) is 12.5 Å². The van der Waals surface area contributed by atoms with Crippen LogP contribution in [0.1, 0.15) is 62.6 Å². The van der Waals surface area contributed by atoms with Crippen molar-refractivity contribution in [1.82, 2.24) is 24.5 Å². The van der Waals surface area contributed by atoms with E-state index < -0.39 is 0 Å². The van der Waals surface area contributed by atoms with Crippen LogP contribution in [0.2, 0.25) is 0 Å². The first-order valence-electron chi connectivity index (χ1n) is 11.6. The molecule has 0 bridgehead atoms. The first kappa shape index (κ1) is 20.9. The number of hydrogen-bond acceptors (Lipinski definition) is 5. The van der Waals surface area contributed by atoms with Crippen LogP contribution >= 0.6 is 15.9 Å². The summed E-state index contributed by atoms with van der Waals surface area (Å²) in [5.74, 6) is 2.35. The third kappa shape index (κ3) is 4.62. The van der Waals surface area contributed by atoms with Crippen LogP contribution in [0, 0.1) is 5.92 Å². The molecule has 3 aromatic heterocycles. The topological polar surface area (TPSA) is 58.4 Å². The van der Waals surface area contributed by atoms with E-state index in [-0.39, 0.29) is 0 Å². The second-order valence-corrected chi connectivity index (χ2v) is 10.1. The Balaban J connectivity index is 1.38. The molecule has 6 nitrogen and oxygen atoms in total. The number of rotatable bonds is 5. The van der Waals surface area contributed by atoms with Crippen LogP contribution in [-0.4, -0.2) is 43.6 Å². The van der Waals surface area contributed by atoms with Crippen molar-refractivity contribution in [3.8, 4) is 0 Å². The van der Waals surface area contributed by atoms with Gasteiger partial charge in [0.1, 0.15) is 5.82 Å². The molecule has 2 aliphatic rings. The largest absolute Gasteiger partial charge is 0.366 e. The zero-order valence-electron chi connectivity index (χ0n) is 18.2. The molecule has 4 heterocycles. The van der Waals surface area contributed by atoms with Crippen LogP contribution in [0.3, 0.4) is 0 Å². The Kier molecular flexibility index (Phi) is 6.23. The van der Waals surface area contributed by atoms with Crippen LogP contribution in [-0.2, 0) is 6.54 Å². The lowest BCUT2D eigenvalue weighted by Crippen LogP contribution is -2.43. The average molecular weight is 483 g/mol. The van der Waals surface area contributed by atoms with Gasteiger partial charge in [-0.05, 0) is 78.5 Å². The number of piperidine rings is 1. The Morgan fingerprint density at radius 2 is 2.03 bits per heavy atom. The summed E-state index contributed by atoms with van der Waals surface area (Å²) in [5, 5.41) is 8.09. The lowest BCUT2D eigenvalue weighted by Gasteiger charge is -2.41. The molecular weight excluding hydrogens is 452 g/mol. The third-order valence-corrected chi connectivity index (χ3v) is 7.58. The minimum Gasteiger partial charge on any atom is -0.366 e. The molecular formula is C24H31BrN6. The highest BCUT2D eigenvalue weighted by Gasteiger charge is 2.30. The fourth-order valence-corrected chi connectivity index (χ4v) is 5.52. The molecule has 3 aromatic rings. The molecule has 0 amide bonds. The van der Waals surface area contributed by atoms with Crippen molar-refractivity contribution in [1.29, 1.82) is 0 Å². The summed E-state index contributed by atoms with van der Waals surface area (Å²) in [6, 6.07) is 7.02. The Morgan fingerprint density at radius 1 is 1.16 bits per heavy atom. The van der Waals surface area contributed by atoms with Gasteiger partial charge in [-0.1, -0.05) is 13.0 Å². The van der Waals surface area contributed by atoms with E-state index in [1.807, 2.05) is 23.0 Å². The van der Waals surface area contributed by atoms with Gasteiger partial charge in [0.2, 0.25) is 0 Å². The van der Waals surface area contributed by atoms with Crippen LogP contribution in [0.4, 0.5) is 5.82 Å². The molecule has 2 fully saturated rings. The smallest absolute Gasteiger partial charge is 0.171 e. The molecule has 5 rings (SSSR count). The summed E-state index contributed by atoms with van der Waals surface area (Å²) in [6.45, 7) is 5.47. The van der Waals surface area contributed by atoms with Crippen LogP contribution in [0.25, 0.3) is 5.65 Å². The molecule has 1 saturated carbocycles. The average Bonchev–Trinajstić information content (AvgIpc) is 3.19. The van der Waals surface area contributed by atoms with Gasteiger partial charge in [-0.15, -0.1) is 0 Å². The predicted molar refractivity (Wildman–Crippen MR) is 127 cm³/mol.